The Morgan fingerprint density at radius 2 is 0.656 bits per heavy atom. The van der Waals surface area contributed by atoms with Gasteiger partial charge >= 0.3 is 11.9 Å². The zero-order valence-corrected chi connectivity index (χ0v) is 50.6. The van der Waals surface area contributed by atoms with Gasteiger partial charge < -0.3 is 47.4 Å². The first-order valence-corrected chi connectivity index (χ1v) is 31.5. The van der Waals surface area contributed by atoms with Gasteiger partial charge in [0.25, 0.3) is 0 Å². The molecule has 5 aliphatic rings. The number of hydrogen-bond acceptors (Lipinski definition) is 12. The molecule has 12 aromatic carbocycles. The van der Waals surface area contributed by atoms with Gasteiger partial charge in [-0.15, -0.1) is 0 Å². The van der Waals surface area contributed by atoms with E-state index >= 15 is 0 Å². The van der Waals surface area contributed by atoms with Crippen LogP contribution in [0, 0.1) is 0 Å². The lowest BCUT2D eigenvalue weighted by Crippen LogP contribution is -2.23. The number of hydrogen-bond donors (Lipinski definition) is 0. The average Bonchev–Trinajstić information content (AvgIpc) is 0.781. The van der Waals surface area contributed by atoms with Gasteiger partial charge in [-0.25, -0.2) is 0 Å². The summed E-state index contributed by atoms with van der Waals surface area (Å²) >= 11 is 0. The van der Waals surface area contributed by atoms with E-state index in [4.69, 9.17) is 47.4 Å². The summed E-state index contributed by atoms with van der Waals surface area (Å²) in [5.41, 5.74) is 10.8. The van der Waals surface area contributed by atoms with E-state index < -0.39 is 0 Å². The number of carbonyl (C=O) groups excluding carboxylic acids is 2. The van der Waals surface area contributed by atoms with Crippen LogP contribution in [-0.2, 0) is 45.1 Å². The normalized spacial score (nSPS) is 17.6. The molecule has 0 saturated heterocycles. The molecule has 12 heteroatoms. The van der Waals surface area contributed by atoms with Crippen molar-refractivity contribution in [1.82, 2.24) is 0 Å². The molecule has 4 unspecified atom stereocenters. The monoisotopic (exact) mass is 1190 g/mol. The van der Waals surface area contributed by atoms with Gasteiger partial charge in [-0.1, -0.05) is 137 Å². The van der Waals surface area contributed by atoms with Crippen LogP contribution in [0.5, 0.6) is 46.0 Å². The molecule has 0 spiro atoms. The predicted molar refractivity (Wildman–Crippen MR) is 346 cm³/mol. The van der Waals surface area contributed by atoms with Crippen LogP contribution >= 0.6 is 0 Å². The summed E-state index contributed by atoms with van der Waals surface area (Å²) in [4.78, 5) is 28.2. The minimum Gasteiger partial charge on any atom is -0.461 e. The predicted octanol–water partition coefficient (Wildman–Crippen LogP) is 17.4. The third-order valence-corrected chi connectivity index (χ3v) is 20.1. The van der Waals surface area contributed by atoms with Gasteiger partial charge in [-0.2, -0.15) is 0 Å². The second-order valence-electron chi connectivity index (χ2n) is 24.9. The van der Waals surface area contributed by atoms with Crippen LogP contribution in [0.4, 0.5) is 0 Å². The van der Waals surface area contributed by atoms with Crippen molar-refractivity contribution in [2.24, 2.45) is 0 Å². The van der Waals surface area contributed by atoms with Crippen molar-refractivity contribution >= 4 is 76.6 Å². The first-order valence-electron chi connectivity index (χ1n) is 31.5. The van der Waals surface area contributed by atoms with Gasteiger partial charge in [0.1, 0.15) is 59.2 Å². The van der Waals surface area contributed by atoms with Gasteiger partial charge in [0.2, 0.25) is 27.2 Å². The van der Waals surface area contributed by atoms with Crippen molar-refractivity contribution in [3.8, 4) is 46.0 Å². The molecule has 0 radical (unpaired) electrons. The Morgan fingerprint density at radius 1 is 0.356 bits per heavy atom. The lowest BCUT2D eigenvalue weighted by atomic mass is 9.79. The van der Waals surface area contributed by atoms with E-state index in [1.807, 2.05) is 12.1 Å². The highest BCUT2D eigenvalue weighted by Gasteiger charge is 2.38. The highest BCUT2D eigenvalue weighted by atomic mass is 16.7. The number of ether oxygens (including phenoxy) is 10. The molecule has 4 heterocycles. The number of esters is 2. The molecule has 12 nitrogen and oxygen atoms in total. The van der Waals surface area contributed by atoms with Gasteiger partial charge in [0.05, 0.1) is 11.1 Å². The first-order chi connectivity index (χ1) is 44.1. The highest BCUT2D eigenvalue weighted by molar-refractivity contribution is 6.24. The number of rotatable bonds is 12. The first kappa shape index (κ1) is 54.2. The zero-order valence-electron chi connectivity index (χ0n) is 50.6. The van der Waals surface area contributed by atoms with Crippen LogP contribution < -0.4 is 37.9 Å². The van der Waals surface area contributed by atoms with Crippen LogP contribution in [0.1, 0.15) is 144 Å². The molecule has 90 heavy (non-hydrogen) atoms. The van der Waals surface area contributed by atoms with Crippen LogP contribution in [0.3, 0.4) is 0 Å². The molecule has 12 aromatic rings. The molecule has 8 bridgehead atoms. The van der Waals surface area contributed by atoms with Gasteiger partial charge in [-0.3, -0.25) is 9.59 Å². The summed E-state index contributed by atoms with van der Waals surface area (Å²) in [5.74, 6) is 2.66. The molecule has 4 atom stereocenters. The minimum atomic E-state index is -0.321. The van der Waals surface area contributed by atoms with Crippen LogP contribution in [0.2, 0.25) is 0 Å². The summed E-state index contributed by atoms with van der Waals surface area (Å²) in [6.45, 7) is 7.81. The van der Waals surface area contributed by atoms with Crippen molar-refractivity contribution < 1.29 is 57.0 Å². The van der Waals surface area contributed by atoms with Gasteiger partial charge in [0.15, 0.2) is 0 Å². The van der Waals surface area contributed by atoms with E-state index in [1.54, 1.807) is 0 Å². The Bertz CT molecular complexity index is 4480. The maximum Gasteiger partial charge on any atom is 0.306 e. The molecule has 0 fully saturated rings. The molecule has 448 valence electrons. The van der Waals surface area contributed by atoms with Gasteiger partial charge in [0, 0.05) is 93.2 Å². The van der Waals surface area contributed by atoms with Gasteiger partial charge in [-0.05, 0) is 126 Å². The highest BCUT2D eigenvalue weighted by Crippen LogP contribution is 2.55. The van der Waals surface area contributed by atoms with Crippen molar-refractivity contribution in [2.45, 2.75) is 103 Å². The largest absolute Gasteiger partial charge is 0.461 e. The van der Waals surface area contributed by atoms with Crippen LogP contribution in [-0.4, -0.2) is 39.1 Å². The molecule has 0 saturated carbocycles. The fraction of sp³-hybridized carbons (Fsp3) is 0.256. The number of aryl methyl sites for hydroxylation is 2. The maximum absolute atomic E-state index is 14.1. The molecule has 4 aliphatic heterocycles. The van der Waals surface area contributed by atoms with Crippen molar-refractivity contribution in [2.75, 3.05) is 27.2 Å². The second kappa shape index (κ2) is 21.4. The van der Waals surface area contributed by atoms with E-state index in [9.17, 15) is 9.59 Å². The van der Waals surface area contributed by atoms with E-state index in [0.29, 0.717) is 82.8 Å². The van der Waals surface area contributed by atoms with E-state index in [1.165, 1.54) is 75.8 Å². The second-order valence-corrected chi connectivity index (χ2v) is 24.9. The fourth-order valence-electron chi connectivity index (χ4n) is 15.4. The Labute approximate surface area is 519 Å². The lowest BCUT2D eigenvalue weighted by Gasteiger charge is -2.34. The quantitative estimate of drug-likeness (QED) is 0.0854. The SMILES string of the molecule is CC1c2cc3c4cc2OCOc2c1cc1c(c2COC(=O)CCCc2ccc5ccc6cccc7ccc2c5c67)OCOc2cc5c(cc2C1C)C(C)c1cc(c(c(COC(=O)CCCc2ccc6ccc7cccc8ccc2c6c78)c1OCO5)OCO4)C3C. The molecular formula is C78H64O12. The van der Waals surface area contributed by atoms with Crippen molar-refractivity contribution in [3.63, 3.8) is 0 Å². The Morgan fingerprint density at radius 3 is 1.00 bits per heavy atom. The minimum absolute atomic E-state index is 0.105. The Hall–Kier alpha value is -9.94. The van der Waals surface area contributed by atoms with Crippen molar-refractivity contribution in [3.05, 3.63) is 212 Å². The van der Waals surface area contributed by atoms with E-state index in [2.05, 4.69) is 161 Å². The summed E-state index contributed by atoms with van der Waals surface area (Å²) in [7, 11) is 0. The summed E-state index contributed by atoms with van der Waals surface area (Å²) in [6.07, 6.45) is 3.08. The zero-order chi connectivity index (χ0) is 60.5. The van der Waals surface area contributed by atoms with Crippen molar-refractivity contribution in [1.29, 1.82) is 0 Å². The maximum atomic E-state index is 14.1. The Balaban J connectivity index is 0.706. The summed E-state index contributed by atoms with van der Waals surface area (Å²) in [5, 5.41) is 14.8. The number of benzene rings is 12. The Kier molecular flexibility index (Phi) is 12.9. The molecule has 17 rings (SSSR count). The van der Waals surface area contributed by atoms with E-state index in [0.717, 1.165) is 44.5 Å². The molecule has 0 aromatic heterocycles. The third kappa shape index (κ3) is 8.76. The molecule has 1 aliphatic carbocycles. The smallest absolute Gasteiger partial charge is 0.306 e. The lowest BCUT2D eigenvalue weighted by molar-refractivity contribution is -0.146. The third-order valence-electron chi connectivity index (χ3n) is 20.1. The van der Waals surface area contributed by atoms with Crippen LogP contribution in [0.25, 0.3) is 64.6 Å². The number of carbonyl (C=O) groups is 2. The molecule has 0 N–H and O–H groups in total. The summed E-state index contributed by atoms with van der Waals surface area (Å²) < 4.78 is 65.7. The standard InChI is InChI=1S/C78H64O12/c1-41-55-29-56-42(2)61-32-62-44(4)58-30-57-43(3)60-31-59(41)75-63(35-81-69(79)15-7-9-45-17-19-51-23-21-47-11-5-13-49-25-27-53(45)73(51)71(47)49)76(60)88-39-85-67(57)34-68(58)86-40-90-78(62)64(77(61)89-38-84-66(56)33-65(55)83-37-87-75)36-82-70(80)16-8-10-46-18-20-52-24-22-48-12-6-14-50-26-28-54(46)74(52)72(48)50/h5-6,11-14,17-34,41-44H,7-10,15-16,35-40H2,1-4H3. The fourth-order valence-corrected chi connectivity index (χ4v) is 15.4. The molecular weight excluding hydrogens is 1130 g/mol. The van der Waals surface area contributed by atoms with Crippen LogP contribution in [0.15, 0.2) is 146 Å². The molecule has 0 amide bonds. The summed E-state index contributed by atoms with van der Waals surface area (Å²) in [6, 6.07) is 51.9. The topological polar surface area (TPSA) is 126 Å². The average molecular weight is 1190 g/mol. The van der Waals surface area contributed by atoms with E-state index in [-0.39, 0.29) is 88.8 Å².